The zero-order valence-corrected chi connectivity index (χ0v) is 21.9. The van der Waals surface area contributed by atoms with E-state index in [1.54, 1.807) is 50.6 Å². The van der Waals surface area contributed by atoms with Gasteiger partial charge in [0.15, 0.2) is 11.5 Å². The largest absolute Gasteiger partial charge is 0.497 e. The van der Waals surface area contributed by atoms with Crippen LogP contribution >= 0.6 is 0 Å². The first kappa shape index (κ1) is 27.1. The van der Waals surface area contributed by atoms with Crippen molar-refractivity contribution in [2.24, 2.45) is 5.73 Å². The van der Waals surface area contributed by atoms with Gasteiger partial charge in [0.2, 0.25) is 5.91 Å². The van der Waals surface area contributed by atoms with Crippen molar-refractivity contribution in [1.29, 1.82) is 5.41 Å². The first-order valence-electron chi connectivity index (χ1n) is 12.4. The number of carbonyl (C=O) groups excluding carboxylic acids is 1. The number of methoxy groups -OCH3 is 2. The van der Waals surface area contributed by atoms with E-state index in [9.17, 15) is 4.79 Å². The second-order valence-corrected chi connectivity index (χ2v) is 8.82. The third-order valence-corrected chi connectivity index (χ3v) is 6.15. The molecule has 8 heteroatoms. The molecule has 0 saturated carbocycles. The number of anilines is 1. The van der Waals surface area contributed by atoms with Crippen LogP contribution in [0.3, 0.4) is 0 Å². The molecule has 0 aliphatic carbocycles. The zero-order valence-electron chi connectivity index (χ0n) is 21.9. The molecule has 1 amide bonds. The van der Waals surface area contributed by atoms with Gasteiger partial charge in [-0.2, -0.15) is 0 Å². The monoisotopic (exact) mass is 524 g/mol. The summed E-state index contributed by atoms with van der Waals surface area (Å²) in [5.74, 6) is 1.60. The van der Waals surface area contributed by atoms with Crippen LogP contribution in [0.2, 0.25) is 0 Å². The number of hydrogen-bond acceptors (Lipinski definition) is 6. The van der Waals surface area contributed by atoms with E-state index in [1.807, 2.05) is 60.7 Å². The number of ether oxygens (including phenoxy) is 3. The number of rotatable bonds is 12. The number of amides is 1. The van der Waals surface area contributed by atoms with E-state index in [0.717, 1.165) is 16.9 Å². The number of nitrogens with two attached hydrogens (primary N) is 1. The molecule has 0 heterocycles. The molecule has 0 bridgehead atoms. The Kier molecular flexibility index (Phi) is 9.03. The summed E-state index contributed by atoms with van der Waals surface area (Å²) >= 11 is 0. The molecule has 200 valence electrons. The van der Waals surface area contributed by atoms with Gasteiger partial charge in [-0.05, 0) is 65.2 Å². The summed E-state index contributed by atoms with van der Waals surface area (Å²) in [5, 5.41) is 13.9. The summed E-state index contributed by atoms with van der Waals surface area (Å²) in [5.41, 5.74) is 9.57. The van der Waals surface area contributed by atoms with E-state index in [2.05, 4.69) is 10.6 Å². The average Bonchev–Trinajstić information content (AvgIpc) is 2.98. The first-order valence-corrected chi connectivity index (χ1v) is 12.4. The summed E-state index contributed by atoms with van der Waals surface area (Å²) in [6.45, 7) is 0.739. The molecule has 0 radical (unpaired) electrons. The maximum absolute atomic E-state index is 13.5. The van der Waals surface area contributed by atoms with E-state index >= 15 is 0 Å². The number of nitrogen functional groups attached to an aromatic ring is 1. The van der Waals surface area contributed by atoms with Crippen LogP contribution in [0.25, 0.3) is 0 Å². The molecule has 8 nitrogen and oxygen atoms in total. The van der Waals surface area contributed by atoms with Crippen LogP contribution < -0.4 is 30.6 Å². The fourth-order valence-corrected chi connectivity index (χ4v) is 3.97. The van der Waals surface area contributed by atoms with Crippen molar-refractivity contribution in [3.63, 3.8) is 0 Å². The highest BCUT2D eigenvalue weighted by Gasteiger charge is 2.22. The van der Waals surface area contributed by atoms with Crippen LogP contribution in [0.15, 0.2) is 97.1 Å². The molecule has 0 aliphatic rings. The smallest absolute Gasteiger partial charge is 0.247 e. The summed E-state index contributed by atoms with van der Waals surface area (Å²) < 4.78 is 16.8. The van der Waals surface area contributed by atoms with Crippen molar-refractivity contribution in [2.75, 3.05) is 19.5 Å². The quantitative estimate of drug-likeness (QED) is 0.152. The lowest BCUT2D eigenvalue weighted by Crippen LogP contribution is -2.33. The van der Waals surface area contributed by atoms with E-state index < -0.39 is 6.04 Å². The van der Waals surface area contributed by atoms with Crippen LogP contribution in [0.1, 0.15) is 28.3 Å². The molecular weight excluding hydrogens is 492 g/mol. The molecule has 1 atom stereocenters. The molecule has 4 aromatic carbocycles. The van der Waals surface area contributed by atoms with Crippen LogP contribution in [0.4, 0.5) is 5.69 Å². The van der Waals surface area contributed by atoms with E-state index in [4.69, 9.17) is 25.4 Å². The molecule has 0 saturated heterocycles. The minimum Gasteiger partial charge on any atom is -0.497 e. The lowest BCUT2D eigenvalue weighted by atomic mass is 10.0. The summed E-state index contributed by atoms with van der Waals surface area (Å²) in [7, 11) is 3.18. The fraction of sp³-hybridized carbons (Fsp3) is 0.161. The Labute approximate surface area is 228 Å². The predicted octanol–water partition coefficient (Wildman–Crippen LogP) is 5.04. The van der Waals surface area contributed by atoms with Crippen LogP contribution in [0.5, 0.6) is 17.2 Å². The van der Waals surface area contributed by atoms with Gasteiger partial charge in [0.1, 0.15) is 24.2 Å². The molecule has 0 spiro atoms. The number of hydrogen-bond donors (Lipinski definition) is 4. The second kappa shape index (κ2) is 13.0. The molecule has 1 unspecified atom stereocenters. The normalized spacial score (nSPS) is 11.2. The Morgan fingerprint density at radius 3 is 2.21 bits per heavy atom. The molecule has 0 fully saturated rings. The molecule has 39 heavy (non-hydrogen) atoms. The molecule has 4 aromatic rings. The molecule has 0 aromatic heterocycles. The van der Waals surface area contributed by atoms with Gasteiger partial charge in [-0.15, -0.1) is 0 Å². The van der Waals surface area contributed by atoms with Gasteiger partial charge in [-0.1, -0.05) is 48.5 Å². The van der Waals surface area contributed by atoms with Crippen molar-refractivity contribution < 1.29 is 19.0 Å². The van der Waals surface area contributed by atoms with Gasteiger partial charge in [-0.3, -0.25) is 10.2 Å². The second-order valence-electron chi connectivity index (χ2n) is 8.82. The van der Waals surface area contributed by atoms with Gasteiger partial charge in [0.05, 0.1) is 14.2 Å². The van der Waals surface area contributed by atoms with Gasteiger partial charge in [-0.25, -0.2) is 0 Å². The zero-order chi connectivity index (χ0) is 27.6. The van der Waals surface area contributed by atoms with Gasteiger partial charge in [0, 0.05) is 17.8 Å². The Balaban J connectivity index is 1.56. The Bertz CT molecular complexity index is 1390. The summed E-state index contributed by atoms with van der Waals surface area (Å²) in [6, 6.07) is 29.1. The van der Waals surface area contributed by atoms with Crippen molar-refractivity contribution in [1.82, 2.24) is 5.32 Å². The highest BCUT2D eigenvalue weighted by molar-refractivity contribution is 5.95. The number of carbonyl (C=O) groups is 1. The first-order chi connectivity index (χ1) is 19.0. The SMILES string of the molecule is COc1ccc(CNC(=O)C(Nc2ccc(C(=N)N)cc2)c2ccc(OCc3ccccc3)c(OC)c2)cc1. The fourth-order valence-electron chi connectivity index (χ4n) is 3.97. The number of amidine groups is 1. The van der Waals surface area contributed by atoms with Crippen LogP contribution in [-0.2, 0) is 17.9 Å². The molecular formula is C31H32N4O4. The molecule has 4 rings (SSSR count). The van der Waals surface area contributed by atoms with Crippen molar-refractivity contribution in [3.8, 4) is 17.2 Å². The minimum atomic E-state index is -0.733. The van der Waals surface area contributed by atoms with Gasteiger partial charge >= 0.3 is 0 Å². The third kappa shape index (κ3) is 7.29. The maximum Gasteiger partial charge on any atom is 0.247 e. The van der Waals surface area contributed by atoms with Crippen molar-refractivity contribution in [2.45, 2.75) is 19.2 Å². The van der Waals surface area contributed by atoms with Crippen LogP contribution in [0, 0.1) is 5.41 Å². The van der Waals surface area contributed by atoms with Crippen LogP contribution in [-0.4, -0.2) is 26.0 Å². The lowest BCUT2D eigenvalue weighted by molar-refractivity contribution is -0.122. The number of benzene rings is 4. The van der Waals surface area contributed by atoms with E-state index in [0.29, 0.717) is 41.5 Å². The topological polar surface area (TPSA) is 119 Å². The summed E-state index contributed by atoms with van der Waals surface area (Å²) in [4.78, 5) is 13.5. The van der Waals surface area contributed by atoms with Gasteiger partial charge in [0.25, 0.3) is 0 Å². The highest BCUT2D eigenvalue weighted by atomic mass is 16.5. The lowest BCUT2D eigenvalue weighted by Gasteiger charge is -2.22. The van der Waals surface area contributed by atoms with Gasteiger partial charge < -0.3 is 30.6 Å². The van der Waals surface area contributed by atoms with E-state index in [-0.39, 0.29) is 11.7 Å². The number of nitrogens with one attached hydrogen (secondary N) is 3. The van der Waals surface area contributed by atoms with Crippen molar-refractivity contribution in [3.05, 3.63) is 119 Å². The third-order valence-electron chi connectivity index (χ3n) is 6.15. The standard InChI is InChI=1S/C31H32N4O4/c1-37-26-15-8-21(9-16-26)19-34-31(36)29(35-25-13-10-23(11-14-25)30(32)33)24-12-17-27(28(18-24)38-2)39-20-22-6-4-3-5-7-22/h3-18,29,35H,19-20H2,1-2H3,(H3,32,33)(H,34,36). The average molecular weight is 525 g/mol. The molecule has 0 aliphatic heterocycles. The highest BCUT2D eigenvalue weighted by Crippen LogP contribution is 2.32. The summed E-state index contributed by atoms with van der Waals surface area (Å²) in [6.07, 6.45) is 0. The Morgan fingerprint density at radius 1 is 0.846 bits per heavy atom. The Morgan fingerprint density at radius 2 is 1.56 bits per heavy atom. The Hall–Kier alpha value is -4.98. The minimum absolute atomic E-state index is 0.0221. The maximum atomic E-state index is 13.5. The molecule has 5 N–H and O–H groups in total. The van der Waals surface area contributed by atoms with Crippen molar-refractivity contribution >= 4 is 17.4 Å². The predicted molar refractivity (Wildman–Crippen MR) is 152 cm³/mol. The van der Waals surface area contributed by atoms with E-state index in [1.165, 1.54) is 0 Å².